The van der Waals surface area contributed by atoms with Gasteiger partial charge in [-0.2, -0.15) is 0 Å². The Morgan fingerprint density at radius 1 is 1.36 bits per heavy atom. The Kier molecular flexibility index (Phi) is 4.97. The van der Waals surface area contributed by atoms with Crippen LogP contribution >= 0.6 is 0 Å². The zero-order valence-electron chi connectivity index (χ0n) is 13.1. The average Bonchev–Trinajstić information content (AvgIpc) is 2.87. The van der Waals surface area contributed by atoms with Crippen LogP contribution in [0.2, 0.25) is 0 Å². The molecule has 0 unspecified atom stereocenters. The van der Waals surface area contributed by atoms with Gasteiger partial charge in [-0.05, 0) is 25.0 Å². The monoisotopic (exact) mass is 305 g/mol. The molecule has 0 aliphatic carbocycles. The van der Waals surface area contributed by atoms with Gasteiger partial charge >= 0.3 is 5.69 Å². The maximum atomic E-state index is 12.1. The normalized spacial score (nSPS) is 11.8. The summed E-state index contributed by atoms with van der Waals surface area (Å²) in [4.78, 5) is 24.2. The summed E-state index contributed by atoms with van der Waals surface area (Å²) in [6, 6.07) is 5.34. The molecule has 0 aliphatic rings. The largest absolute Gasteiger partial charge is 0.350 e. The molecule has 0 radical (unpaired) electrons. The number of fused-ring (bicyclic) bond motifs is 1. The molecule has 22 heavy (non-hydrogen) atoms. The van der Waals surface area contributed by atoms with Crippen LogP contribution in [0.25, 0.3) is 5.65 Å². The lowest BCUT2D eigenvalue weighted by atomic mass is 9.93. The molecule has 0 aliphatic heterocycles. The van der Waals surface area contributed by atoms with Gasteiger partial charge in [-0.3, -0.25) is 9.20 Å². The van der Waals surface area contributed by atoms with Crippen LogP contribution in [-0.4, -0.2) is 32.2 Å². The predicted octanol–water partition coefficient (Wildman–Crippen LogP) is 0.520. The number of amides is 1. The summed E-state index contributed by atoms with van der Waals surface area (Å²) in [5.74, 6) is -0.113. The highest BCUT2D eigenvalue weighted by atomic mass is 16.2. The maximum Gasteiger partial charge on any atom is 0.350 e. The van der Waals surface area contributed by atoms with Crippen LogP contribution in [0, 0.1) is 0 Å². The van der Waals surface area contributed by atoms with Crippen LogP contribution in [0.4, 0.5) is 0 Å². The summed E-state index contributed by atoms with van der Waals surface area (Å²) in [6.07, 6.45) is 3.42. The van der Waals surface area contributed by atoms with E-state index < -0.39 is 0 Å². The average molecular weight is 305 g/mol. The van der Waals surface area contributed by atoms with E-state index in [2.05, 4.69) is 10.4 Å². The number of pyridine rings is 1. The number of nitrogens with two attached hydrogens (primary N) is 1. The van der Waals surface area contributed by atoms with E-state index >= 15 is 0 Å². The van der Waals surface area contributed by atoms with Crippen molar-refractivity contribution in [2.24, 2.45) is 5.73 Å². The first kappa shape index (κ1) is 16.2. The minimum Gasteiger partial charge on any atom is -0.349 e. The molecule has 1 amide bonds. The molecule has 120 valence electrons. The lowest BCUT2D eigenvalue weighted by Gasteiger charge is -2.31. The number of nitrogens with zero attached hydrogens (tertiary/aromatic N) is 3. The van der Waals surface area contributed by atoms with Gasteiger partial charge in [0, 0.05) is 19.2 Å². The van der Waals surface area contributed by atoms with Gasteiger partial charge in [-0.15, -0.1) is 5.10 Å². The van der Waals surface area contributed by atoms with Crippen molar-refractivity contribution in [2.45, 2.75) is 45.2 Å². The summed E-state index contributed by atoms with van der Waals surface area (Å²) in [5.41, 5.74) is 5.75. The lowest BCUT2D eigenvalue weighted by Crippen LogP contribution is -2.53. The van der Waals surface area contributed by atoms with Crippen molar-refractivity contribution in [1.82, 2.24) is 19.5 Å². The molecule has 0 saturated carbocycles. The van der Waals surface area contributed by atoms with E-state index in [0.29, 0.717) is 12.2 Å². The van der Waals surface area contributed by atoms with Crippen LogP contribution in [-0.2, 0) is 11.3 Å². The van der Waals surface area contributed by atoms with Gasteiger partial charge in [0.1, 0.15) is 0 Å². The van der Waals surface area contributed by atoms with Gasteiger partial charge in [0.15, 0.2) is 5.65 Å². The van der Waals surface area contributed by atoms with Crippen LogP contribution in [0.15, 0.2) is 29.2 Å². The van der Waals surface area contributed by atoms with Gasteiger partial charge in [0.25, 0.3) is 0 Å². The first-order valence-electron chi connectivity index (χ1n) is 7.60. The summed E-state index contributed by atoms with van der Waals surface area (Å²) in [6.45, 7) is 4.66. The lowest BCUT2D eigenvalue weighted by molar-refractivity contribution is -0.123. The Morgan fingerprint density at radius 3 is 2.68 bits per heavy atom. The molecular weight excluding hydrogens is 282 g/mol. The first-order chi connectivity index (χ1) is 10.5. The second-order valence-electron chi connectivity index (χ2n) is 5.42. The SMILES string of the molecule is CCC(CC)(CN)NC(=O)CCn1nc2ccccn2c1=O. The highest BCUT2D eigenvalue weighted by Gasteiger charge is 2.26. The molecule has 0 bridgehead atoms. The van der Waals surface area contributed by atoms with E-state index in [1.807, 2.05) is 19.9 Å². The molecule has 0 atom stereocenters. The third-order valence-corrected chi connectivity index (χ3v) is 4.19. The molecule has 0 spiro atoms. The number of carbonyl (C=O) groups excluding carboxylic acids is 1. The topological polar surface area (TPSA) is 94.4 Å². The van der Waals surface area contributed by atoms with E-state index in [-0.39, 0.29) is 30.1 Å². The van der Waals surface area contributed by atoms with Gasteiger partial charge in [-0.1, -0.05) is 19.9 Å². The molecule has 2 rings (SSSR count). The predicted molar refractivity (Wildman–Crippen MR) is 84.6 cm³/mol. The number of carbonyl (C=O) groups is 1. The standard InChI is InChI=1S/C15H23N5O2/c1-3-15(4-2,11-16)17-13(21)8-10-20-14(22)19-9-6-5-7-12(19)18-20/h5-7,9H,3-4,8,10-11,16H2,1-2H3,(H,17,21). The van der Waals surface area contributed by atoms with Gasteiger partial charge in [-0.25, -0.2) is 9.48 Å². The minimum atomic E-state index is -0.360. The number of hydrogen-bond acceptors (Lipinski definition) is 4. The van der Waals surface area contributed by atoms with Crippen molar-refractivity contribution < 1.29 is 4.79 Å². The van der Waals surface area contributed by atoms with E-state index in [4.69, 9.17) is 5.73 Å². The van der Waals surface area contributed by atoms with Crippen molar-refractivity contribution in [3.63, 3.8) is 0 Å². The Bertz CT molecular complexity index is 691. The van der Waals surface area contributed by atoms with E-state index in [0.717, 1.165) is 12.8 Å². The third kappa shape index (κ3) is 3.19. The summed E-state index contributed by atoms with van der Waals surface area (Å²) >= 11 is 0. The summed E-state index contributed by atoms with van der Waals surface area (Å²) < 4.78 is 2.77. The molecule has 0 saturated heterocycles. The Morgan fingerprint density at radius 2 is 2.09 bits per heavy atom. The molecule has 7 nitrogen and oxygen atoms in total. The third-order valence-electron chi connectivity index (χ3n) is 4.19. The van der Waals surface area contributed by atoms with Crippen molar-refractivity contribution in [1.29, 1.82) is 0 Å². The van der Waals surface area contributed by atoms with E-state index in [1.165, 1.54) is 9.08 Å². The molecule has 0 fully saturated rings. The van der Waals surface area contributed by atoms with Gasteiger partial charge in [0.2, 0.25) is 5.91 Å². The van der Waals surface area contributed by atoms with Crippen molar-refractivity contribution in [3.8, 4) is 0 Å². The van der Waals surface area contributed by atoms with E-state index in [1.54, 1.807) is 18.3 Å². The second kappa shape index (κ2) is 6.74. The highest BCUT2D eigenvalue weighted by molar-refractivity contribution is 5.76. The second-order valence-corrected chi connectivity index (χ2v) is 5.42. The molecular formula is C15H23N5O2. The number of hydrogen-bond donors (Lipinski definition) is 2. The Balaban J connectivity index is 2.04. The molecule has 2 heterocycles. The number of aryl methyl sites for hydroxylation is 1. The molecule has 2 aromatic heterocycles. The van der Waals surface area contributed by atoms with Crippen LogP contribution in [0.3, 0.4) is 0 Å². The summed E-state index contributed by atoms with van der Waals surface area (Å²) in [5, 5.41) is 7.19. The first-order valence-corrected chi connectivity index (χ1v) is 7.60. The minimum absolute atomic E-state index is 0.113. The zero-order chi connectivity index (χ0) is 16.2. The summed E-state index contributed by atoms with van der Waals surface area (Å²) in [7, 11) is 0. The highest BCUT2D eigenvalue weighted by Crippen LogP contribution is 2.13. The van der Waals surface area contributed by atoms with Crippen LogP contribution < -0.4 is 16.7 Å². The quantitative estimate of drug-likeness (QED) is 0.779. The Labute approximate surface area is 129 Å². The fourth-order valence-electron chi connectivity index (χ4n) is 2.45. The number of nitrogens with one attached hydrogen (secondary N) is 1. The van der Waals surface area contributed by atoms with Crippen molar-refractivity contribution >= 4 is 11.6 Å². The molecule has 0 aromatic carbocycles. The molecule has 2 aromatic rings. The van der Waals surface area contributed by atoms with Crippen molar-refractivity contribution in [3.05, 3.63) is 34.9 Å². The smallest absolute Gasteiger partial charge is 0.349 e. The zero-order valence-corrected chi connectivity index (χ0v) is 13.1. The van der Waals surface area contributed by atoms with Crippen LogP contribution in [0.5, 0.6) is 0 Å². The number of rotatable bonds is 7. The van der Waals surface area contributed by atoms with Gasteiger partial charge in [0.05, 0.1) is 12.1 Å². The molecule has 3 N–H and O–H groups in total. The maximum absolute atomic E-state index is 12.1. The fraction of sp³-hybridized carbons (Fsp3) is 0.533. The van der Waals surface area contributed by atoms with Gasteiger partial charge < -0.3 is 11.1 Å². The molecule has 7 heteroatoms. The number of aromatic nitrogens is 3. The Hall–Kier alpha value is -2.15. The van der Waals surface area contributed by atoms with E-state index in [9.17, 15) is 9.59 Å². The van der Waals surface area contributed by atoms with Crippen LogP contribution in [0.1, 0.15) is 33.1 Å². The fourth-order valence-corrected chi connectivity index (χ4v) is 2.45. The van der Waals surface area contributed by atoms with Crippen molar-refractivity contribution in [2.75, 3.05) is 6.54 Å².